The third-order valence-electron chi connectivity index (χ3n) is 4.05. The summed E-state index contributed by atoms with van der Waals surface area (Å²) in [6.07, 6.45) is 0.504. The Kier molecular flexibility index (Phi) is 7.72. The molecule has 8 nitrogen and oxygen atoms in total. The molecule has 0 saturated carbocycles. The largest absolute Gasteiger partial charge is 0.493 e. The van der Waals surface area contributed by atoms with Crippen LogP contribution < -0.4 is 24.2 Å². The smallest absolute Gasteiger partial charge is 0.251 e. The number of benzene rings is 2. The Labute approximate surface area is 171 Å². The number of ether oxygens (including phenoxy) is 3. The maximum Gasteiger partial charge on any atom is 0.251 e. The number of sulfonamides is 1. The fourth-order valence-corrected chi connectivity index (χ4v) is 3.87. The van der Waals surface area contributed by atoms with Crippen molar-refractivity contribution >= 4 is 21.6 Å². The molecule has 0 atom stereocenters. The molecule has 0 unspecified atom stereocenters. The fourth-order valence-electron chi connectivity index (χ4n) is 2.75. The summed E-state index contributed by atoms with van der Waals surface area (Å²) in [6.45, 7) is 2.01. The summed E-state index contributed by atoms with van der Waals surface area (Å²) in [4.78, 5) is 12.5. The first kappa shape index (κ1) is 22.4. The highest BCUT2D eigenvalue weighted by atomic mass is 32.2. The molecule has 0 aliphatic heterocycles. The zero-order chi connectivity index (χ0) is 21.4. The Morgan fingerprint density at radius 1 is 1.00 bits per heavy atom. The molecule has 2 N–H and O–H groups in total. The van der Waals surface area contributed by atoms with Crippen LogP contribution in [0.1, 0.15) is 29.3 Å². The summed E-state index contributed by atoms with van der Waals surface area (Å²) in [5, 5.41) is 2.80. The second-order valence-corrected chi connectivity index (χ2v) is 8.06. The van der Waals surface area contributed by atoms with E-state index >= 15 is 0 Å². The summed E-state index contributed by atoms with van der Waals surface area (Å²) in [7, 11) is 1.13. The summed E-state index contributed by atoms with van der Waals surface area (Å²) < 4.78 is 42.2. The van der Waals surface area contributed by atoms with Crippen LogP contribution in [0.5, 0.6) is 17.2 Å². The molecule has 0 saturated heterocycles. The summed E-state index contributed by atoms with van der Waals surface area (Å²) in [5.74, 6) is 1.13. The van der Waals surface area contributed by atoms with Crippen molar-refractivity contribution < 1.29 is 27.4 Å². The van der Waals surface area contributed by atoms with Gasteiger partial charge in [-0.15, -0.1) is 0 Å². The highest BCUT2D eigenvalue weighted by molar-refractivity contribution is 7.92. The topological polar surface area (TPSA) is 103 Å². The van der Waals surface area contributed by atoms with E-state index < -0.39 is 10.0 Å². The van der Waals surface area contributed by atoms with Crippen molar-refractivity contribution in [3.63, 3.8) is 0 Å². The lowest BCUT2D eigenvalue weighted by Gasteiger charge is -2.14. The first-order valence-corrected chi connectivity index (χ1v) is 10.7. The van der Waals surface area contributed by atoms with Crippen LogP contribution in [0.3, 0.4) is 0 Å². The Morgan fingerprint density at radius 2 is 1.66 bits per heavy atom. The lowest BCUT2D eigenvalue weighted by molar-refractivity contribution is 0.0951. The first-order valence-electron chi connectivity index (χ1n) is 9.01. The van der Waals surface area contributed by atoms with E-state index in [-0.39, 0.29) is 18.2 Å². The van der Waals surface area contributed by atoms with Crippen LogP contribution in [0.4, 0.5) is 5.69 Å². The molecule has 29 heavy (non-hydrogen) atoms. The number of carbonyl (C=O) groups is 1. The second-order valence-electron chi connectivity index (χ2n) is 6.22. The monoisotopic (exact) mass is 422 g/mol. The zero-order valence-corrected chi connectivity index (χ0v) is 17.8. The predicted molar refractivity (Wildman–Crippen MR) is 111 cm³/mol. The zero-order valence-electron chi connectivity index (χ0n) is 16.9. The molecule has 2 aromatic carbocycles. The van der Waals surface area contributed by atoms with Gasteiger partial charge in [0, 0.05) is 17.8 Å². The second kappa shape index (κ2) is 10.0. The minimum absolute atomic E-state index is 0.0184. The SMILES string of the molecule is CCCS(=O)(=O)Nc1cccc(C(=O)NCc2cc(OC)c(OC)c(OC)c2)c1. The minimum Gasteiger partial charge on any atom is -0.493 e. The van der Waals surface area contributed by atoms with Crippen molar-refractivity contribution in [1.82, 2.24) is 5.32 Å². The quantitative estimate of drug-likeness (QED) is 0.610. The Morgan fingerprint density at radius 3 is 2.21 bits per heavy atom. The van der Waals surface area contributed by atoms with Gasteiger partial charge in [-0.05, 0) is 42.3 Å². The van der Waals surface area contributed by atoms with Gasteiger partial charge in [0.15, 0.2) is 11.5 Å². The van der Waals surface area contributed by atoms with Crippen LogP contribution in [-0.4, -0.2) is 41.4 Å². The van der Waals surface area contributed by atoms with Crippen molar-refractivity contribution in [3.05, 3.63) is 47.5 Å². The maximum atomic E-state index is 12.5. The number of rotatable bonds is 10. The molecule has 0 radical (unpaired) electrons. The number of carbonyl (C=O) groups excluding carboxylic acids is 1. The summed E-state index contributed by atoms with van der Waals surface area (Å²) in [5.41, 5.74) is 1.45. The van der Waals surface area contributed by atoms with Gasteiger partial charge in [0.25, 0.3) is 5.91 Å². The van der Waals surface area contributed by atoms with Crippen LogP contribution in [0.25, 0.3) is 0 Å². The van der Waals surface area contributed by atoms with Crippen LogP contribution in [0.2, 0.25) is 0 Å². The standard InChI is InChI=1S/C20H26N2O6S/c1-5-9-29(24,25)22-16-8-6-7-15(12-16)20(23)21-13-14-10-17(26-2)19(28-4)18(11-14)27-3/h6-8,10-12,22H,5,9,13H2,1-4H3,(H,21,23). The van der Waals surface area contributed by atoms with Crippen LogP contribution >= 0.6 is 0 Å². The summed E-state index contributed by atoms with van der Waals surface area (Å²) >= 11 is 0. The van der Waals surface area contributed by atoms with E-state index in [1.54, 1.807) is 37.3 Å². The third-order valence-corrected chi connectivity index (χ3v) is 5.54. The molecule has 2 aromatic rings. The molecule has 0 aliphatic carbocycles. The van der Waals surface area contributed by atoms with Crippen molar-refractivity contribution in [2.75, 3.05) is 31.8 Å². The number of hydrogen-bond acceptors (Lipinski definition) is 6. The van der Waals surface area contributed by atoms with E-state index in [4.69, 9.17) is 14.2 Å². The van der Waals surface area contributed by atoms with Gasteiger partial charge in [0.1, 0.15) is 0 Å². The molecule has 0 heterocycles. The number of methoxy groups -OCH3 is 3. The number of hydrogen-bond donors (Lipinski definition) is 2. The minimum atomic E-state index is -3.43. The van der Waals surface area contributed by atoms with Gasteiger partial charge in [0.05, 0.1) is 27.1 Å². The maximum absolute atomic E-state index is 12.5. The first-order chi connectivity index (χ1) is 13.8. The van der Waals surface area contributed by atoms with Crippen LogP contribution in [-0.2, 0) is 16.6 Å². The molecule has 158 valence electrons. The van der Waals surface area contributed by atoms with Gasteiger partial charge < -0.3 is 19.5 Å². The lowest BCUT2D eigenvalue weighted by atomic mass is 10.1. The molecule has 0 aliphatic rings. The molecule has 0 bridgehead atoms. The van der Waals surface area contributed by atoms with Crippen molar-refractivity contribution in [3.8, 4) is 17.2 Å². The average Bonchev–Trinajstić information content (AvgIpc) is 2.70. The molecule has 0 aromatic heterocycles. The average molecular weight is 423 g/mol. The highest BCUT2D eigenvalue weighted by Gasteiger charge is 2.15. The van der Waals surface area contributed by atoms with Crippen molar-refractivity contribution in [2.24, 2.45) is 0 Å². The van der Waals surface area contributed by atoms with E-state index in [0.29, 0.717) is 34.9 Å². The van der Waals surface area contributed by atoms with Crippen molar-refractivity contribution in [1.29, 1.82) is 0 Å². The van der Waals surface area contributed by atoms with Crippen molar-refractivity contribution in [2.45, 2.75) is 19.9 Å². The molecular formula is C20H26N2O6S. The third kappa shape index (κ3) is 6.02. The van der Waals surface area contributed by atoms with Gasteiger partial charge in [-0.3, -0.25) is 9.52 Å². The fraction of sp³-hybridized carbons (Fsp3) is 0.350. The molecular weight excluding hydrogens is 396 g/mol. The van der Waals surface area contributed by atoms with Crippen LogP contribution in [0.15, 0.2) is 36.4 Å². The lowest BCUT2D eigenvalue weighted by Crippen LogP contribution is -2.23. The van der Waals surface area contributed by atoms with E-state index in [1.807, 2.05) is 0 Å². The Hall–Kier alpha value is -2.94. The van der Waals surface area contributed by atoms with Gasteiger partial charge in [-0.1, -0.05) is 13.0 Å². The molecule has 9 heteroatoms. The molecule has 1 amide bonds. The van der Waals surface area contributed by atoms with E-state index in [2.05, 4.69) is 10.0 Å². The Bertz CT molecular complexity index is 934. The number of anilines is 1. The van der Waals surface area contributed by atoms with Gasteiger partial charge in [0.2, 0.25) is 15.8 Å². The molecule has 0 spiro atoms. The Balaban J connectivity index is 2.13. The number of amides is 1. The van der Waals surface area contributed by atoms with E-state index in [9.17, 15) is 13.2 Å². The summed E-state index contributed by atoms with van der Waals surface area (Å²) in [6, 6.07) is 9.83. The molecule has 2 rings (SSSR count). The number of nitrogens with one attached hydrogen (secondary N) is 2. The van der Waals surface area contributed by atoms with Crippen LogP contribution in [0, 0.1) is 0 Å². The van der Waals surface area contributed by atoms with E-state index in [0.717, 1.165) is 5.56 Å². The highest BCUT2D eigenvalue weighted by Crippen LogP contribution is 2.38. The van der Waals surface area contributed by atoms with Gasteiger partial charge in [-0.25, -0.2) is 8.42 Å². The predicted octanol–water partition coefficient (Wildman–Crippen LogP) is 2.79. The normalized spacial score (nSPS) is 10.9. The van der Waals surface area contributed by atoms with Gasteiger partial charge in [-0.2, -0.15) is 0 Å². The van der Waals surface area contributed by atoms with Gasteiger partial charge >= 0.3 is 0 Å². The van der Waals surface area contributed by atoms with E-state index in [1.165, 1.54) is 27.4 Å². The molecule has 0 fully saturated rings.